The van der Waals surface area contributed by atoms with Crippen LogP contribution in [0, 0.1) is 0 Å². The first-order valence-corrected chi connectivity index (χ1v) is 11.3. The summed E-state index contributed by atoms with van der Waals surface area (Å²) in [5.41, 5.74) is 4.65. The van der Waals surface area contributed by atoms with Gasteiger partial charge in [0.25, 0.3) is 5.56 Å². The molecule has 0 aliphatic carbocycles. The van der Waals surface area contributed by atoms with E-state index in [2.05, 4.69) is 44.7 Å². The van der Waals surface area contributed by atoms with Gasteiger partial charge in [0.1, 0.15) is 0 Å². The molecule has 0 bridgehead atoms. The van der Waals surface area contributed by atoms with Crippen LogP contribution in [-0.4, -0.2) is 39.8 Å². The summed E-state index contributed by atoms with van der Waals surface area (Å²) < 4.78 is 9.88. The molecule has 0 amide bonds. The number of hydrogen-bond acceptors (Lipinski definition) is 5. The second kappa shape index (κ2) is 8.53. The number of pyridine rings is 2. The van der Waals surface area contributed by atoms with Gasteiger partial charge in [-0.3, -0.25) is 8.77 Å². The molecule has 0 radical (unpaired) electrons. The number of hydrogen-bond donors (Lipinski definition) is 1. The minimum Gasteiger partial charge on any atom is -0.378 e. The summed E-state index contributed by atoms with van der Waals surface area (Å²) in [6.07, 6.45) is 5.64. The number of thiol groups is 1. The third-order valence-corrected chi connectivity index (χ3v) is 6.33. The lowest BCUT2D eigenvalue weighted by Crippen LogP contribution is -2.36. The van der Waals surface area contributed by atoms with Crippen molar-refractivity contribution in [2.24, 2.45) is 0 Å². The smallest absolute Gasteiger partial charge is 0.251 e. The largest absolute Gasteiger partial charge is 0.378 e. The summed E-state index contributed by atoms with van der Waals surface area (Å²) in [6.45, 7) is 3.64. The maximum atomic E-state index is 12.8. The normalized spacial score (nSPS) is 14.3. The number of nitrogens with zero attached hydrogens (tertiary/aromatic N) is 4. The van der Waals surface area contributed by atoms with Crippen LogP contribution in [0.3, 0.4) is 0 Å². The van der Waals surface area contributed by atoms with Gasteiger partial charge in [0.15, 0.2) is 5.65 Å². The minimum absolute atomic E-state index is 0.0465. The fourth-order valence-electron chi connectivity index (χ4n) is 3.94. The molecule has 1 aromatic carbocycles. The van der Waals surface area contributed by atoms with Crippen LogP contribution in [0.5, 0.6) is 0 Å². The van der Waals surface area contributed by atoms with Gasteiger partial charge < -0.3 is 14.2 Å². The number of anilines is 1. The lowest BCUT2D eigenvalue weighted by Gasteiger charge is -2.28. The number of benzene rings is 1. The summed E-state index contributed by atoms with van der Waals surface area (Å²) in [6, 6.07) is 13.8. The molecule has 1 saturated heterocycles. The zero-order valence-electron chi connectivity index (χ0n) is 16.7. The standard InChI is InChI=1S/C23H21BrN4O2S/c24-18-3-1-2-16(10-18)14-27-5-4-17(11-22(27)29)21-15-28(31)23-20(21)12-19(13-25-23)26-6-8-30-9-7-26/h1-5,10-13,15,31H,6-9,14H2. The number of aromatic nitrogens is 3. The molecular formula is C23H21BrN4O2S. The van der Waals surface area contributed by atoms with E-state index in [1.165, 1.54) is 0 Å². The van der Waals surface area contributed by atoms with Crippen molar-refractivity contribution in [3.8, 4) is 11.1 Å². The topological polar surface area (TPSA) is 52.3 Å². The highest BCUT2D eigenvalue weighted by Crippen LogP contribution is 2.32. The number of fused-ring (bicyclic) bond motifs is 1. The Balaban J connectivity index is 1.51. The number of rotatable bonds is 4. The zero-order valence-corrected chi connectivity index (χ0v) is 19.2. The van der Waals surface area contributed by atoms with Crippen molar-refractivity contribution < 1.29 is 4.74 Å². The summed E-state index contributed by atoms with van der Waals surface area (Å²) in [5.74, 6) is 0. The van der Waals surface area contributed by atoms with Gasteiger partial charge in [0, 0.05) is 47.0 Å². The van der Waals surface area contributed by atoms with Crippen molar-refractivity contribution in [1.82, 2.24) is 13.5 Å². The molecular weight excluding hydrogens is 476 g/mol. The van der Waals surface area contributed by atoms with Gasteiger partial charge in [-0.15, -0.1) is 0 Å². The van der Waals surface area contributed by atoms with Crippen LogP contribution in [-0.2, 0) is 11.3 Å². The predicted octanol–water partition coefficient (Wildman–Crippen LogP) is 4.21. The average molecular weight is 497 g/mol. The van der Waals surface area contributed by atoms with E-state index in [1.54, 1.807) is 14.6 Å². The lowest BCUT2D eigenvalue weighted by atomic mass is 10.1. The second-order valence-corrected chi connectivity index (χ2v) is 8.91. The second-order valence-electron chi connectivity index (χ2n) is 7.56. The van der Waals surface area contributed by atoms with Crippen LogP contribution in [0.1, 0.15) is 5.56 Å². The molecule has 8 heteroatoms. The number of halogens is 1. The highest BCUT2D eigenvalue weighted by atomic mass is 79.9. The Bertz CT molecular complexity index is 1310. The Hall–Kier alpha value is -2.55. The van der Waals surface area contributed by atoms with Gasteiger partial charge in [0.05, 0.1) is 31.6 Å². The van der Waals surface area contributed by atoms with Crippen LogP contribution in [0.4, 0.5) is 5.69 Å². The SMILES string of the molecule is O=c1cc(-c2cn(S)c3ncc(N4CCOCC4)cc23)ccn1Cc1cccc(Br)c1. The van der Waals surface area contributed by atoms with Crippen LogP contribution < -0.4 is 10.5 Å². The summed E-state index contributed by atoms with van der Waals surface area (Å²) in [4.78, 5) is 19.7. The van der Waals surface area contributed by atoms with Crippen molar-refractivity contribution in [2.45, 2.75) is 6.54 Å². The first-order valence-electron chi connectivity index (χ1n) is 10.1. The van der Waals surface area contributed by atoms with Crippen molar-refractivity contribution in [2.75, 3.05) is 31.2 Å². The van der Waals surface area contributed by atoms with E-state index in [1.807, 2.05) is 48.9 Å². The average Bonchev–Trinajstić information content (AvgIpc) is 3.12. The molecule has 4 heterocycles. The van der Waals surface area contributed by atoms with Gasteiger partial charge in [-0.1, -0.05) is 40.9 Å². The van der Waals surface area contributed by atoms with E-state index in [9.17, 15) is 4.79 Å². The van der Waals surface area contributed by atoms with Crippen LogP contribution in [0.2, 0.25) is 0 Å². The van der Waals surface area contributed by atoms with Gasteiger partial charge >= 0.3 is 0 Å². The lowest BCUT2D eigenvalue weighted by molar-refractivity contribution is 0.122. The Morgan fingerprint density at radius 3 is 2.74 bits per heavy atom. The summed E-state index contributed by atoms with van der Waals surface area (Å²) in [7, 11) is 0. The van der Waals surface area contributed by atoms with Crippen LogP contribution in [0.15, 0.2) is 70.3 Å². The molecule has 0 unspecified atom stereocenters. The Kier molecular flexibility index (Phi) is 5.60. The molecule has 1 fully saturated rings. The van der Waals surface area contributed by atoms with Crippen molar-refractivity contribution in [1.29, 1.82) is 0 Å². The number of ether oxygens (including phenoxy) is 1. The van der Waals surface area contributed by atoms with Gasteiger partial charge in [-0.25, -0.2) is 4.98 Å². The third-order valence-electron chi connectivity index (χ3n) is 5.54. The Labute approximate surface area is 193 Å². The van der Waals surface area contributed by atoms with E-state index in [4.69, 9.17) is 4.74 Å². The van der Waals surface area contributed by atoms with E-state index in [-0.39, 0.29) is 5.56 Å². The van der Waals surface area contributed by atoms with E-state index in [0.29, 0.717) is 19.8 Å². The first kappa shape index (κ1) is 20.4. The van der Waals surface area contributed by atoms with Crippen LogP contribution in [0.25, 0.3) is 22.2 Å². The van der Waals surface area contributed by atoms with Gasteiger partial charge in [0.2, 0.25) is 0 Å². The van der Waals surface area contributed by atoms with E-state index < -0.39 is 0 Å². The highest BCUT2D eigenvalue weighted by molar-refractivity contribution is 9.10. The quantitative estimate of drug-likeness (QED) is 0.430. The fourth-order valence-corrected chi connectivity index (χ4v) is 4.66. The maximum Gasteiger partial charge on any atom is 0.251 e. The molecule has 4 aromatic rings. The highest BCUT2D eigenvalue weighted by Gasteiger charge is 2.16. The van der Waals surface area contributed by atoms with E-state index >= 15 is 0 Å². The fraction of sp³-hybridized carbons (Fsp3) is 0.217. The van der Waals surface area contributed by atoms with Crippen molar-refractivity contribution in [3.05, 3.63) is 81.4 Å². The van der Waals surface area contributed by atoms with Gasteiger partial charge in [-0.2, -0.15) is 0 Å². The first-order chi connectivity index (χ1) is 15.1. The predicted molar refractivity (Wildman–Crippen MR) is 130 cm³/mol. The van der Waals surface area contributed by atoms with E-state index in [0.717, 1.165) is 51.0 Å². The Morgan fingerprint density at radius 2 is 1.97 bits per heavy atom. The summed E-state index contributed by atoms with van der Waals surface area (Å²) >= 11 is 8.02. The van der Waals surface area contributed by atoms with Gasteiger partial charge in [-0.05, 0) is 35.4 Å². The third kappa shape index (κ3) is 4.15. The van der Waals surface area contributed by atoms with Crippen LogP contribution >= 0.6 is 28.7 Å². The summed E-state index contributed by atoms with van der Waals surface area (Å²) in [5, 5.41) is 0.975. The molecule has 158 valence electrons. The minimum atomic E-state index is -0.0465. The number of morpholine rings is 1. The monoisotopic (exact) mass is 496 g/mol. The molecule has 0 saturated carbocycles. The Morgan fingerprint density at radius 1 is 1.13 bits per heavy atom. The molecule has 5 rings (SSSR count). The molecule has 0 atom stereocenters. The molecule has 0 N–H and O–H groups in total. The molecule has 6 nitrogen and oxygen atoms in total. The molecule has 3 aromatic heterocycles. The van der Waals surface area contributed by atoms with Crippen molar-refractivity contribution in [3.63, 3.8) is 0 Å². The molecule has 1 aliphatic rings. The zero-order chi connectivity index (χ0) is 21.4. The molecule has 1 aliphatic heterocycles. The van der Waals surface area contributed by atoms with Crippen molar-refractivity contribution >= 4 is 45.5 Å². The molecule has 0 spiro atoms. The molecule has 31 heavy (non-hydrogen) atoms. The maximum absolute atomic E-state index is 12.8.